The van der Waals surface area contributed by atoms with Gasteiger partial charge in [-0.1, -0.05) is 11.6 Å². The van der Waals surface area contributed by atoms with Crippen molar-refractivity contribution in [3.05, 3.63) is 11.3 Å². The molecule has 1 rings (SSSR count). The number of thioether (sulfide) groups is 1. The van der Waals surface area contributed by atoms with Gasteiger partial charge in [-0.05, 0) is 11.8 Å². The molecule has 0 aliphatic rings. The van der Waals surface area contributed by atoms with Crippen LogP contribution in [0.3, 0.4) is 0 Å². The highest BCUT2D eigenvalue weighted by molar-refractivity contribution is 7.99. The minimum atomic E-state index is -2.46. The van der Waals surface area contributed by atoms with E-state index in [1.54, 1.807) is 0 Å². The van der Waals surface area contributed by atoms with Gasteiger partial charge in [0.15, 0.2) is 5.16 Å². The van der Waals surface area contributed by atoms with Crippen molar-refractivity contribution in [1.29, 1.82) is 0 Å². The molecule has 2 nitrogen and oxygen atoms in total. The summed E-state index contributed by atoms with van der Waals surface area (Å²) in [7, 11) is 0. The van der Waals surface area contributed by atoms with Crippen LogP contribution in [0.5, 0.6) is 0 Å². The maximum Gasteiger partial charge on any atom is 0.291 e. The Balaban J connectivity index is 2.58. The van der Waals surface area contributed by atoms with E-state index in [0.717, 1.165) is 0 Å². The molecule has 0 fully saturated rings. The number of hydrogen-bond donors (Lipinski definition) is 1. The second-order valence-corrected chi connectivity index (χ2v) is 2.80. The number of aromatic nitrogens is 2. The second kappa shape index (κ2) is 3.21. The fraction of sp³-hybridized carbons (Fsp3) is 0.250. The molecular formula is C4H3ClF2N2S. The Morgan fingerprint density at radius 1 is 1.70 bits per heavy atom. The number of halogens is 3. The van der Waals surface area contributed by atoms with Gasteiger partial charge in [-0.25, -0.2) is 4.98 Å². The van der Waals surface area contributed by atoms with Crippen LogP contribution < -0.4 is 0 Å². The maximum absolute atomic E-state index is 11.6. The van der Waals surface area contributed by atoms with E-state index < -0.39 is 5.76 Å². The van der Waals surface area contributed by atoms with Crippen LogP contribution in [0.2, 0.25) is 5.15 Å². The van der Waals surface area contributed by atoms with Gasteiger partial charge >= 0.3 is 0 Å². The Bertz CT molecular complexity index is 215. The molecule has 0 saturated carbocycles. The predicted octanol–water partition coefficient (Wildman–Crippen LogP) is 2.38. The first-order valence-corrected chi connectivity index (χ1v) is 3.59. The number of nitrogens with one attached hydrogen (secondary N) is 1. The molecular weight excluding hydrogens is 182 g/mol. The minimum Gasteiger partial charge on any atom is -0.324 e. The lowest BCUT2D eigenvalue weighted by molar-refractivity contribution is 0.251. The molecule has 0 radical (unpaired) electrons. The first-order valence-electron chi connectivity index (χ1n) is 2.34. The summed E-state index contributed by atoms with van der Waals surface area (Å²) >= 11 is 5.70. The average Bonchev–Trinajstić information content (AvgIpc) is 2.13. The second-order valence-electron chi connectivity index (χ2n) is 1.41. The third kappa shape index (κ3) is 2.15. The molecule has 0 bridgehead atoms. The molecule has 1 heterocycles. The van der Waals surface area contributed by atoms with Crippen LogP contribution in [0.15, 0.2) is 11.4 Å². The molecule has 0 aliphatic carbocycles. The Labute approximate surface area is 65.0 Å². The number of imidazole rings is 1. The predicted molar refractivity (Wildman–Crippen MR) is 35.5 cm³/mol. The molecule has 1 N–H and O–H groups in total. The zero-order chi connectivity index (χ0) is 7.56. The van der Waals surface area contributed by atoms with E-state index in [1.165, 1.54) is 6.20 Å². The van der Waals surface area contributed by atoms with E-state index in [4.69, 9.17) is 11.6 Å². The number of alkyl halides is 2. The van der Waals surface area contributed by atoms with Gasteiger partial charge in [-0.15, -0.1) is 0 Å². The van der Waals surface area contributed by atoms with Crippen molar-refractivity contribution >= 4 is 23.4 Å². The zero-order valence-electron chi connectivity index (χ0n) is 4.64. The van der Waals surface area contributed by atoms with Crippen molar-refractivity contribution in [2.75, 3.05) is 0 Å². The van der Waals surface area contributed by atoms with Crippen LogP contribution in [0.4, 0.5) is 8.78 Å². The highest BCUT2D eigenvalue weighted by Crippen LogP contribution is 2.22. The molecule has 0 aliphatic heterocycles. The molecule has 6 heteroatoms. The van der Waals surface area contributed by atoms with Crippen LogP contribution in [-0.2, 0) is 0 Å². The van der Waals surface area contributed by atoms with E-state index in [2.05, 4.69) is 9.97 Å². The van der Waals surface area contributed by atoms with E-state index in [0.29, 0.717) is 11.8 Å². The Morgan fingerprint density at radius 2 is 2.40 bits per heavy atom. The van der Waals surface area contributed by atoms with Crippen molar-refractivity contribution in [2.24, 2.45) is 0 Å². The topological polar surface area (TPSA) is 28.7 Å². The molecule has 0 unspecified atom stereocenters. The summed E-state index contributed by atoms with van der Waals surface area (Å²) in [5, 5.41) is 0.406. The first-order chi connectivity index (χ1) is 4.68. The number of rotatable bonds is 2. The van der Waals surface area contributed by atoms with Crippen molar-refractivity contribution in [3.8, 4) is 0 Å². The summed E-state index contributed by atoms with van der Waals surface area (Å²) < 4.78 is 23.2. The van der Waals surface area contributed by atoms with Gasteiger partial charge in [-0.2, -0.15) is 8.78 Å². The molecule has 0 spiro atoms. The third-order valence-electron chi connectivity index (χ3n) is 0.722. The standard InChI is InChI=1S/C4H3ClF2N2S/c5-2-1-8-4(9-2)10-3(6)7/h1,3H,(H,8,9). The summed E-state index contributed by atoms with van der Waals surface area (Å²) in [5.74, 6) is -2.46. The highest BCUT2D eigenvalue weighted by Gasteiger charge is 2.07. The van der Waals surface area contributed by atoms with Gasteiger partial charge < -0.3 is 4.98 Å². The van der Waals surface area contributed by atoms with Gasteiger partial charge in [0.05, 0.1) is 6.20 Å². The number of aromatic amines is 1. The summed E-state index contributed by atoms with van der Waals surface area (Å²) in [6.07, 6.45) is 1.28. The lowest BCUT2D eigenvalue weighted by atomic mass is 11.0. The largest absolute Gasteiger partial charge is 0.324 e. The molecule has 0 atom stereocenters. The lowest BCUT2D eigenvalue weighted by Crippen LogP contribution is -1.82. The number of nitrogens with zero attached hydrogens (tertiary/aromatic N) is 1. The summed E-state index contributed by atoms with van der Waals surface area (Å²) in [6.45, 7) is 0. The highest BCUT2D eigenvalue weighted by atomic mass is 35.5. The van der Waals surface area contributed by atoms with Gasteiger partial charge in [0.25, 0.3) is 5.76 Å². The van der Waals surface area contributed by atoms with Crippen molar-refractivity contribution < 1.29 is 8.78 Å². The van der Waals surface area contributed by atoms with Gasteiger partial charge in [-0.3, -0.25) is 0 Å². The Morgan fingerprint density at radius 3 is 2.80 bits per heavy atom. The fourth-order valence-corrected chi connectivity index (χ4v) is 1.07. The van der Waals surface area contributed by atoms with Gasteiger partial charge in [0.1, 0.15) is 5.15 Å². The molecule has 1 aromatic rings. The smallest absolute Gasteiger partial charge is 0.291 e. The van der Waals surface area contributed by atoms with Crippen LogP contribution >= 0.6 is 23.4 Å². The summed E-state index contributed by atoms with van der Waals surface area (Å²) in [5.41, 5.74) is 0. The molecule has 56 valence electrons. The Hall–Kier alpha value is -0.290. The Kier molecular flexibility index (Phi) is 2.50. The van der Waals surface area contributed by atoms with Crippen LogP contribution in [0.25, 0.3) is 0 Å². The quantitative estimate of drug-likeness (QED) is 0.715. The van der Waals surface area contributed by atoms with E-state index in [9.17, 15) is 8.78 Å². The average molecular weight is 185 g/mol. The van der Waals surface area contributed by atoms with Crippen LogP contribution in [0.1, 0.15) is 0 Å². The SMILES string of the molecule is FC(F)Sc1ncc(Cl)[nH]1. The molecule has 0 aromatic carbocycles. The van der Waals surface area contributed by atoms with Crippen molar-refractivity contribution in [1.82, 2.24) is 9.97 Å². The molecule has 0 saturated heterocycles. The summed E-state index contributed by atoms with van der Waals surface area (Å²) in [6, 6.07) is 0. The maximum atomic E-state index is 11.6. The lowest BCUT2D eigenvalue weighted by Gasteiger charge is -1.91. The normalized spacial score (nSPS) is 10.8. The molecule has 1 aromatic heterocycles. The molecule has 0 amide bonds. The van der Waals surface area contributed by atoms with Gasteiger partial charge in [0, 0.05) is 0 Å². The first kappa shape index (κ1) is 7.81. The minimum absolute atomic E-state index is 0.139. The van der Waals surface area contributed by atoms with Crippen LogP contribution in [0, 0.1) is 0 Å². The fourth-order valence-electron chi connectivity index (χ4n) is 0.426. The number of H-pyrrole nitrogens is 1. The summed E-state index contributed by atoms with van der Waals surface area (Å²) in [4.78, 5) is 6.00. The number of hydrogen-bond acceptors (Lipinski definition) is 2. The van der Waals surface area contributed by atoms with Gasteiger partial charge in [0.2, 0.25) is 0 Å². The monoisotopic (exact) mass is 184 g/mol. The van der Waals surface area contributed by atoms with Crippen molar-refractivity contribution in [3.63, 3.8) is 0 Å². The zero-order valence-corrected chi connectivity index (χ0v) is 6.22. The van der Waals surface area contributed by atoms with E-state index in [1.807, 2.05) is 0 Å². The van der Waals surface area contributed by atoms with E-state index >= 15 is 0 Å². The third-order valence-corrected chi connectivity index (χ3v) is 1.52. The molecule has 10 heavy (non-hydrogen) atoms. The van der Waals surface area contributed by atoms with Crippen LogP contribution in [-0.4, -0.2) is 15.7 Å². The van der Waals surface area contributed by atoms with E-state index in [-0.39, 0.29) is 10.3 Å². The van der Waals surface area contributed by atoms with Crippen molar-refractivity contribution in [2.45, 2.75) is 10.9 Å².